The van der Waals surface area contributed by atoms with Crippen molar-refractivity contribution in [3.63, 3.8) is 0 Å². The molecule has 18 heavy (non-hydrogen) atoms. The van der Waals surface area contributed by atoms with E-state index >= 15 is 0 Å². The van der Waals surface area contributed by atoms with Crippen molar-refractivity contribution < 1.29 is 23.7 Å². The molecule has 98 valence electrons. The number of ether oxygens (including phenoxy) is 4. The van der Waals surface area contributed by atoms with Crippen LogP contribution in [0.25, 0.3) is 0 Å². The van der Waals surface area contributed by atoms with Crippen LogP contribution in [0.3, 0.4) is 0 Å². The Hall–Kier alpha value is -1.73. The third kappa shape index (κ3) is 2.74. The number of carbonyl (C=O) groups excluding carboxylic acids is 1. The van der Waals surface area contributed by atoms with Crippen molar-refractivity contribution in [2.75, 3.05) is 27.4 Å². The van der Waals surface area contributed by atoms with Crippen molar-refractivity contribution in [1.82, 2.24) is 9.97 Å². The molecule has 1 aliphatic heterocycles. The normalized spacial score (nSPS) is 15.7. The molecule has 2 rings (SSSR count). The fraction of sp³-hybridized carbons (Fsp3) is 0.545. The molecule has 0 aliphatic carbocycles. The van der Waals surface area contributed by atoms with Gasteiger partial charge < -0.3 is 18.9 Å². The van der Waals surface area contributed by atoms with Crippen LogP contribution < -0.4 is 9.47 Å². The highest BCUT2D eigenvalue weighted by Gasteiger charge is 2.24. The maximum Gasteiger partial charge on any atom is 0.246 e. The number of methoxy groups -OCH3 is 2. The summed E-state index contributed by atoms with van der Waals surface area (Å²) in [5, 5.41) is 0. The van der Waals surface area contributed by atoms with Crippen LogP contribution in [-0.4, -0.2) is 49.5 Å². The van der Waals surface area contributed by atoms with Crippen LogP contribution in [-0.2, 0) is 9.47 Å². The Morgan fingerprint density at radius 1 is 1.39 bits per heavy atom. The molecule has 0 bridgehead atoms. The molecule has 0 radical (unpaired) electrons. The van der Waals surface area contributed by atoms with Gasteiger partial charge in [0.05, 0.1) is 40.1 Å². The summed E-state index contributed by atoms with van der Waals surface area (Å²) in [4.78, 5) is 20.0. The van der Waals surface area contributed by atoms with Crippen LogP contribution in [0.1, 0.15) is 16.9 Å². The zero-order valence-electron chi connectivity index (χ0n) is 10.2. The van der Waals surface area contributed by atoms with Gasteiger partial charge in [-0.25, -0.2) is 4.98 Å². The summed E-state index contributed by atoms with van der Waals surface area (Å²) >= 11 is 0. The molecule has 7 nitrogen and oxygen atoms in total. The number of nitrogens with zero attached hydrogens (tertiary/aromatic N) is 2. The first-order valence-corrected chi connectivity index (χ1v) is 5.46. The van der Waals surface area contributed by atoms with Crippen LogP contribution in [0.15, 0.2) is 6.20 Å². The molecule has 7 heteroatoms. The van der Waals surface area contributed by atoms with E-state index in [1.165, 1.54) is 20.4 Å². The standard InChI is InChI=1S/C11H14N2O5/c1-15-8-6-12-10(11(13-8)16-2)7(14)5-9-17-3-4-18-9/h6,9H,3-5H2,1-2H3. The zero-order chi connectivity index (χ0) is 13.0. The summed E-state index contributed by atoms with van der Waals surface area (Å²) in [6.07, 6.45) is 0.954. The SMILES string of the molecule is COc1cnc(C(=O)CC2OCCO2)c(OC)n1. The van der Waals surface area contributed by atoms with Crippen LogP contribution >= 0.6 is 0 Å². The van der Waals surface area contributed by atoms with E-state index in [0.717, 1.165) is 0 Å². The van der Waals surface area contributed by atoms with Crippen LogP contribution in [0.5, 0.6) is 11.8 Å². The summed E-state index contributed by atoms with van der Waals surface area (Å²) in [6, 6.07) is 0. The molecule has 1 saturated heterocycles. The summed E-state index contributed by atoms with van der Waals surface area (Å²) in [7, 11) is 2.88. The quantitative estimate of drug-likeness (QED) is 0.705. The summed E-state index contributed by atoms with van der Waals surface area (Å²) in [5.74, 6) is 0.183. The molecular weight excluding hydrogens is 240 g/mol. The van der Waals surface area contributed by atoms with Gasteiger partial charge in [-0.2, -0.15) is 4.98 Å². The lowest BCUT2D eigenvalue weighted by molar-refractivity contribution is -0.0408. The van der Waals surface area contributed by atoms with Crippen molar-refractivity contribution >= 4 is 5.78 Å². The molecule has 0 saturated carbocycles. The van der Waals surface area contributed by atoms with Crippen LogP contribution in [0.4, 0.5) is 0 Å². The lowest BCUT2D eigenvalue weighted by atomic mass is 10.2. The lowest BCUT2D eigenvalue weighted by Crippen LogP contribution is -2.16. The van der Waals surface area contributed by atoms with Gasteiger partial charge in [-0.1, -0.05) is 0 Å². The minimum Gasteiger partial charge on any atom is -0.480 e. The molecule has 1 aliphatic rings. The molecule has 0 spiro atoms. The van der Waals surface area contributed by atoms with Gasteiger partial charge in [0.1, 0.15) is 0 Å². The number of ketones is 1. The van der Waals surface area contributed by atoms with Gasteiger partial charge in [0, 0.05) is 0 Å². The second-order valence-electron chi connectivity index (χ2n) is 3.57. The molecule has 0 atom stereocenters. The third-order valence-corrected chi connectivity index (χ3v) is 2.43. The van der Waals surface area contributed by atoms with Crippen molar-refractivity contribution in [2.45, 2.75) is 12.7 Å². The van der Waals surface area contributed by atoms with Gasteiger partial charge in [0.15, 0.2) is 17.8 Å². The van der Waals surface area contributed by atoms with Crippen molar-refractivity contribution in [3.8, 4) is 11.8 Å². The largest absolute Gasteiger partial charge is 0.480 e. The number of carbonyl (C=O) groups is 1. The van der Waals surface area contributed by atoms with E-state index in [2.05, 4.69) is 9.97 Å². The molecule has 1 aromatic rings. The highest BCUT2D eigenvalue weighted by atomic mass is 16.7. The number of hydrogen-bond donors (Lipinski definition) is 0. The van der Waals surface area contributed by atoms with E-state index in [1.54, 1.807) is 0 Å². The Morgan fingerprint density at radius 3 is 2.72 bits per heavy atom. The second-order valence-corrected chi connectivity index (χ2v) is 3.57. The van der Waals surface area contributed by atoms with E-state index in [9.17, 15) is 4.79 Å². The minimum atomic E-state index is -0.508. The number of hydrogen-bond acceptors (Lipinski definition) is 7. The van der Waals surface area contributed by atoms with Gasteiger partial charge in [-0.3, -0.25) is 4.79 Å². The predicted molar refractivity (Wildman–Crippen MR) is 59.8 cm³/mol. The first kappa shape index (κ1) is 12.7. The highest BCUT2D eigenvalue weighted by molar-refractivity contribution is 5.96. The van der Waals surface area contributed by atoms with Gasteiger partial charge in [-0.15, -0.1) is 0 Å². The molecule has 0 aromatic carbocycles. The van der Waals surface area contributed by atoms with Crippen LogP contribution in [0.2, 0.25) is 0 Å². The topological polar surface area (TPSA) is 79.8 Å². The van der Waals surface area contributed by atoms with Crippen molar-refractivity contribution in [1.29, 1.82) is 0 Å². The van der Waals surface area contributed by atoms with E-state index in [4.69, 9.17) is 18.9 Å². The van der Waals surface area contributed by atoms with Crippen molar-refractivity contribution in [3.05, 3.63) is 11.9 Å². The Morgan fingerprint density at radius 2 is 2.11 bits per heavy atom. The Bertz CT molecular complexity index is 431. The molecule has 0 unspecified atom stereocenters. The maximum atomic E-state index is 12.0. The van der Waals surface area contributed by atoms with Gasteiger partial charge >= 0.3 is 0 Å². The summed E-state index contributed by atoms with van der Waals surface area (Å²) in [6.45, 7) is 1.01. The van der Waals surface area contributed by atoms with E-state index in [-0.39, 0.29) is 29.7 Å². The predicted octanol–water partition coefficient (Wildman–Crippen LogP) is 0.439. The average Bonchev–Trinajstić information content (AvgIpc) is 2.90. The zero-order valence-corrected chi connectivity index (χ0v) is 10.2. The van der Waals surface area contributed by atoms with E-state index in [1.807, 2.05) is 0 Å². The van der Waals surface area contributed by atoms with Crippen LogP contribution in [0, 0.1) is 0 Å². The monoisotopic (exact) mass is 254 g/mol. The Balaban J connectivity index is 2.13. The maximum absolute atomic E-state index is 12.0. The average molecular weight is 254 g/mol. The fourth-order valence-electron chi connectivity index (χ4n) is 1.56. The summed E-state index contributed by atoms with van der Waals surface area (Å²) < 4.78 is 20.3. The molecule has 1 fully saturated rings. The smallest absolute Gasteiger partial charge is 0.246 e. The lowest BCUT2D eigenvalue weighted by Gasteiger charge is -2.10. The Kier molecular flexibility index (Phi) is 4.06. The third-order valence-electron chi connectivity index (χ3n) is 2.43. The second kappa shape index (κ2) is 5.74. The summed E-state index contributed by atoms with van der Waals surface area (Å²) in [5.41, 5.74) is 0.150. The highest BCUT2D eigenvalue weighted by Crippen LogP contribution is 2.20. The van der Waals surface area contributed by atoms with Gasteiger partial charge in [0.2, 0.25) is 11.8 Å². The van der Waals surface area contributed by atoms with E-state index in [0.29, 0.717) is 13.2 Å². The van der Waals surface area contributed by atoms with Crippen molar-refractivity contribution in [2.24, 2.45) is 0 Å². The molecule has 1 aromatic heterocycles. The van der Waals surface area contributed by atoms with E-state index < -0.39 is 6.29 Å². The fourth-order valence-corrected chi connectivity index (χ4v) is 1.56. The molecule has 2 heterocycles. The Labute approximate surface area is 104 Å². The number of aromatic nitrogens is 2. The van der Waals surface area contributed by atoms with Gasteiger partial charge in [-0.05, 0) is 0 Å². The minimum absolute atomic E-state index is 0.0946. The molecule has 0 amide bonds. The number of rotatable bonds is 5. The molecular formula is C11H14N2O5. The van der Waals surface area contributed by atoms with Gasteiger partial charge in [0.25, 0.3) is 0 Å². The molecule has 0 N–H and O–H groups in total. The number of Topliss-reactive ketones (excluding diaryl/α,β-unsaturated/α-hetero) is 1. The first-order valence-electron chi connectivity index (χ1n) is 5.46. The first-order chi connectivity index (χ1) is 8.74.